The summed E-state index contributed by atoms with van der Waals surface area (Å²) in [4.78, 5) is 30.9. The molecular weight excluding hydrogens is 617 g/mol. The van der Waals surface area contributed by atoms with Crippen molar-refractivity contribution < 1.29 is 9.59 Å². The van der Waals surface area contributed by atoms with E-state index in [1.165, 1.54) is 0 Å². The molecule has 0 aliphatic carbocycles. The topological polar surface area (TPSA) is 86.9 Å². The molecule has 0 N–H and O–H groups in total. The van der Waals surface area contributed by atoms with Gasteiger partial charge in [0.25, 0.3) is 0 Å². The minimum Gasteiger partial charge on any atom is -0.341 e. The predicted molar refractivity (Wildman–Crippen MR) is 159 cm³/mol. The van der Waals surface area contributed by atoms with Gasteiger partial charge in [0.05, 0.1) is 21.9 Å². The third-order valence-electron chi connectivity index (χ3n) is 7.93. The summed E-state index contributed by atoms with van der Waals surface area (Å²) in [6, 6.07) is 12.6. The lowest BCUT2D eigenvalue weighted by molar-refractivity contribution is -0.136. The molecular formula is C28H28BrCl2N7O2. The van der Waals surface area contributed by atoms with Crippen LogP contribution in [0.15, 0.2) is 53.8 Å². The average molecular weight is 645 g/mol. The molecule has 6 rings (SSSR count). The van der Waals surface area contributed by atoms with Crippen LogP contribution in [0.3, 0.4) is 0 Å². The zero-order valence-corrected chi connectivity index (χ0v) is 25.0. The Morgan fingerprint density at radius 3 is 2.40 bits per heavy atom. The van der Waals surface area contributed by atoms with Crippen molar-refractivity contribution in [3.8, 4) is 11.3 Å². The molecule has 0 radical (unpaired) electrons. The quantitative estimate of drug-likeness (QED) is 0.376. The fourth-order valence-corrected chi connectivity index (χ4v) is 6.86. The first-order chi connectivity index (χ1) is 19.3. The highest BCUT2D eigenvalue weighted by molar-refractivity contribution is 9.18. The number of halogens is 3. The smallest absolute Gasteiger partial charge is 0.247 e. The maximum absolute atomic E-state index is 13.6. The van der Waals surface area contributed by atoms with E-state index in [1.54, 1.807) is 29.1 Å². The molecule has 0 bridgehead atoms. The van der Waals surface area contributed by atoms with Crippen molar-refractivity contribution in [2.45, 2.75) is 50.7 Å². The molecule has 2 aromatic carbocycles. The highest BCUT2D eigenvalue weighted by Crippen LogP contribution is 2.35. The van der Waals surface area contributed by atoms with Crippen LogP contribution < -0.4 is 5.01 Å². The van der Waals surface area contributed by atoms with Crippen LogP contribution in [-0.4, -0.2) is 72.9 Å². The Bertz CT molecular complexity index is 1450. The van der Waals surface area contributed by atoms with Crippen molar-refractivity contribution in [2.75, 3.05) is 24.6 Å². The van der Waals surface area contributed by atoms with E-state index in [-0.39, 0.29) is 23.9 Å². The largest absolute Gasteiger partial charge is 0.341 e. The first-order valence-electron chi connectivity index (χ1n) is 13.3. The summed E-state index contributed by atoms with van der Waals surface area (Å²) < 4.78 is 2.39. The van der Waals surface area contributed by atoms with E-state index in [0.717, 1.165) is 28.7 Å². The molecule has 3 aliphatic rings. The van der Waals surface area contributed by atoms with Gasteiger partial charge in [0.2, 0.25) is 11.8 Å². The van der Waals surface area contributed by atoms with Gasteiger partial charge in [-0.05, 0) is 66.4 Å². The first-order valence-corrected chi connectivity index (χ1v) is 14.9. The molecule has 40 heavy (non-hydrogen) atoms. The van der Waals surface area contributed by atoms with E-state index >= 15 is 0 Å². The van der Waals surface area contributed by atoms with E-state index < -0.39 is 6.04 Å². The Hall–Kier alpha value is -2.95. The first kappa shape index (κ1) is 27.2. The number of rotatable bonds is 5. The van der Waals surface area contributed by atoms with Crippen molar-refractivity contribution in [3.05, 3.63) is 64.3 Å². The van der Waals surface area contributed by atoms with Gasteiger partial charge >= 0.3 is 0 Å². The Morgan fingerprint density at radius 2 is 1.70 bits per heavy atom. The summed E-state index contributed by atoms with van der Waals surface area (Å²) in [6.45, 7) is 3.89. The van der Waals surface area contributed by atoms with Crippen LogP contribution in [0.25, 0.3) is 11.3 Å². The molecule has 12 heteroatoms. The summed E-state index contributed by atoms with van der Waals surface area (Å²) in [5, 5.41) is 15.8. The third-order valence-corrected chi connectivity index (χ3v) is 9.05. The minimum atomic E-state index is -0.418. The molecule has 2 atom stereocenters. The number of hydrogen-bond donors (Lipinski definition) is 0. The molecule has 2 unspecified atom stereocenters. The standard InChI is InChI=1S/C28H28BrCl2N7O2/c1-17-5-7-19(8-6-17)38-24(15-25(29)33-38)27(39)35-12-9-18(10-13-35)36-14-11-23(28(36)40)37-16-22(32-34-37)26-20(30)3-2-4-21(26)31/h2-8,16,18,23-24H,9-15H2,1H3. The predicted octanol–water partition coefficient (Wildman–Crippen LogP) is 5.31. The molecule has 9 nitrogen and oxygen atoms in total. The van der Waals surface area contributed by atoms with Gasteiger partial charge in [-0.2, -0.15) is 5.10 Å². The minimum absolute atomic E-state index is 0.0325. The van der Waals surface area contributed by atoms with Crippen molar-refractivity contribution in [1.82, 2.24) is 24.8 Å². The SMILES string of the molecule is Cc1ccc(N2N=C(Br)CC2C(=O)N2CCC(N3CCC(n4cc(-c5c(Cl)cccc5Cl)nn4)C3=O)CC2)cc1. The van der Waals surface area contributed by atoms with Crippen LogP contribution >= 0.6 is 39.1 Å². The second kappa shape index (κ2) is 11.1. The molecule has 3 aliphatic heterocycles. The number of likely N-dealkylation sites (tertiary alicyclic amines) is 2. The van der Waals surface area contributed by atoms with E-state index in [0.29, 0.717) is 53.8 Å². The highest BCUT2D eigenvalue weighted by atomic mass is 79.9. The maximum Gasteiger partial charge on any atom is 0.247 e. The van der Waals surface area contributed by atoms with Crippen LogP contribution in [-0.2, 0) is 9.59 Å². The molecule has 208 valence electrons. The van der Waals surface area contributed by atoms with Gasteiger partial charge in [0.1, 0.15) is 22.4 Å². The molecule has 3 aromatic rings. The Balaban J connectivity index is 1.08. The van der Waals surface area contributed by atoms with Gasteiger partial charge in [0.15, 0.2) is 0 Å². The Kier molecular flexibility index (Phi) is 7.58. The number of piperidine rings is 1. The van der Waals surface area contributed by atoms with Crippen LogP contribution in [0.5, 0.6) is 0 Å². The van der Waals surface area contributed by atoms with Crippen molar-refractivity contribution >= 4 is 61.3 Å². The molecule has 2 fully saturated rings. The number of hydrazone groups is 1. The van der Waals surface area contributed by atoms with Crippen LogP contribution in [0.1, 0.15) is 37.3 Å². The average Bonchev–Trinajstić information content (AvgIpc) is 3.67. The summed E-state index contributed by atoms with van der Waals surface area (Å²) in [7, 11) is 0. The normalized spacial score (nSPS) is 21.9. The number of aromatic nitrogens is 3. The van der Waals surface area contributed by atoms with Gasteiger partial charge in [-0.3, -0.25) is 14.6 Å². The second-order valence-corrected chi connectivity index (χ2v) is 12.2. The summed E-state index contributed by atoms with van der Waals surface area (Å²) >= 11 is 16.2. The number of hydrogen-bond acceptors (Lipinski definition) is 6. The third kappa shape index (κ3) is 5.12. The number of carbonyl (C=O) groups is 2. The van der Waals surface area contributed by atoms with E-state index in [9.17, 15) is 9.59 Å². The summed E-state index contributed by atoms with van der Waals surface area (Å²) in [5.74, 6) is 0.0985. The van der Waals surface area contributed by atoms with Crippen molar-refractivity contribution in [2.24, 2.45) is 5.10 Å². The van der Waals surface area contributed by atoms with Gasteiger partial charge in [0, 0.05) is 37.7 Å². The fraction of sp³-hybridized carbons (Fsp3) is 0.393. The van der Waals surface area contributed by atoms with E-state index in [2.05, 4.69) is 31.3 Å². The van der Waals surface area contributed by atoms with Crippen molar-refractivity contribution in [1.29, 1.82) is 0 Å². The number of anilines is 1. The van der Waals surface area contributed by atoms with Gasteiger partial charge in [-0.25, -0.2) is 4.68 Å². The molecule has 0 saturated carbocycles. The lowest BCUT2D eigenvalue weighted by Gasteiger charge is -2.38. The van der Waals surface area contributed by atoms with Crippen LogP contribution in [0.2, 0.25) is 10.0 Å². The molecule has 0 spiro atoms. The monoisotopic (exact) mass is 643 g/mol. The summed E-state index contributed by atoms with van der Waals surface area (Å²) in [6.07, 6.45) is 4.40. The van der Waals surface area contributed by atoms with Gasteiger partial charge in [-0.15, -0.1) is 5.10 Å². The number of carbonyl (C=O) groups excluding carboxylic acids is 2. The number of benzene rings is 2. The second-order valence-electron chi connectivity index (χ2n) is 10.4. The Morgan fingerprint density at radius 1 is 1.00 bits per heavy atom. The lowest BCUT2D eigenvalue weighted by atomic mass is 10.0. The maximum atomic E-state index is 13.6. The van der Waals surface area contributed by atoms with Crippen LogP contribution in [0.4, 0.5) is 5.69 Å². The van der Waals surface area contributed by atoms with Crippen LogP contribution in [0, 0.1) is 6.92 Å². The number of aryl methyl sites for hydroxylation is 1. The fourth-order valence-electron chi connectivity index (χ4n) is 5.79. The van der Waals surface area contributed by atoms with Gasteiger partial charge < -0.3 is 9.80 Å². The molecule has 2 amide bonds. The molecule has 2 saturated heterocycles. The number of amides is 2. The highest BCUT2D eigenvalue weighted by Gasteiger charge is 2.41. The summed E-state index contributed by atoms with van der Waals surface area (Å²) in [5.41, 5.74) is 3.20. The zero-order valence-electron chi connectivity index (χ0n) is 21.9. The van der Waals surface area contributed by atoms with Crippen molar-refractivity contribution in [3.63, 3.8) is 0 Å². The van der Waals surface area contributed by atoms with Gasteiger partial charge in [-0.1, -0.05) is 52.2 Å². The van der Waals surface area contributed by atoms with E-state index in [1.807, 2.05) is 46.0 Å². The lowest BCUT2D eigenvalue weighted by Crippen LogP contribution is -2.52. The number of nitrogens with zero attached hydrogens (tertiary/aromatic N) is 7. The Labute approximate surface area is 250 Å². The zero-order chi connectivity index (χ0) is 28.0. The molecule has 1 aromatic heterocycles. The molecule has 4 heterocycles. The van der Waals surface area contributed by atoms with E-state index in [4.69, 9.17) is 23.2 Å².